The van der Waals surface area contributed by atoms with Crippen LogP contribution in [0.4, 0.5) is 0 Å². The van der Waals surface area contributed by atoms with Gasteiger partial charge in [-0.15, -0.1) is 11.6 Å². The van der Waals surface area contributed by atoms with E-state index < -0.39 is 10.0 Å². The molecule has 1 aliphatic rings. The molecule has 1 atom stereocenters. The summed E-state index contributed by atoms with van der Waals surface area (Å²) < 4.78 is 29.1. The van der Waals surface area contributed by atoms with Crippen molar-refractivity contribution < 1.29 is 8.42 Å². The molecular formula is C14H23ClN2O2S. The molecule has 0 saturated carbocycles. The van der Waals surface area contributed by atoms with E-state index in [0.717, 1.165) is 37.9 Å². The second kappa shape index (κ2) is 6.50. The molecule has 0 spiro atoms. The molecule has 2 rings (SSSR count). The molecule has 0 amide bonds. The molecule has 20 heavy (non-hydrogen) atoms. The number of hydrogen-bond donors (Lipinski definition) is 0. The zero-order valence-corrected chi connectivity index (χ0v) is 13.8. The van der Waals surface area contributed by atoms with E-state index in [9.17, 15) is 8.42 Å². The SMILES string of the molecule is CCCn1cc(S(=O)(=O)N2CCCCC2C)cc1CCl. The zero-order valence-electron chi connectivity index (χ0n) is 12.2. The smallest absolute Gasteiger partial charge is 0.244 e. The number of rotatable bonds is 5. The van der Waals surface area contributed by atoms with Gasteiger partial charge in [-0.1, -0.05) is 13.3 Å². The van der Waals surface area contributed by atoms with Gasteiger partial charge in [0.15, 0.2) is 0 Å². The number of alkyl halides is 1. The monoisotopic (exact) mass is 318 g/mol. The highest BCUT2D eigenvalue weighted by Crippen LogP contribution is 2.26. The van der Waals surface area contributed by atoms with Crippen molar-refractivity contribution in [2.75, 3.05) is 6.54 Å². The van der Waals surface area contributed by atoms with Crippen molar-refractivity contribution in [2.45, 2.75) is 62.9 Å². The van der Waals surface area contributed by atoms with Gasteiger partial charge in [0, 0.05) is 31.0 Å². The van der Waals surface area contributed by atoms with Crippen LogP contribution in [-0.2, 0) is 22.4 Å². The predicted octanol–water partition coefficient (Wildman–Crippen LogP) is 3.20. The molecule has 0 bridgehead atoms. The summed E-state index contributed by atoms with van der Waals surface area (Å²) in [6, 6.07) is 1.81. The highest BCUT2D eigenvalue weighted by Gasteiger charge is 2.32. The van der Waals surface area contributed by atoms with Gasteiger partial charge in [-0.2, -0.15) is 4.31 Å². The van der Waals surface area contributed by atoms with Gasteiger partial charge >= 0.3 is 0 Å². The standard InChI is InChI=1S/C14H23ClN2O2S/c1-3-7-16-11-14(9-13(16)10-15)20(18,19)17-8-5-4-6-12(17)2/h9,11-12H,3-8,10H2,1-2H3. The summed E-state index contributed by atoms with van der Waals surface area (Å²) in [6.07, 6.45) is 5.69. The number of halogens is 1. The Hall–Kier alpha value is -0.520. The van der Waals surface area contributed by atoms with Crippen molar-refractivity contribution in [1.29, 1.82) is 0 Å². The van der Waals surface area contributed by atoms with Gasteiger partial charge in [0.2, 0.25) is 10.0 Å². The minimum Gasteiger partial charge on any atom is -0.349 e. The summed E-state index contributed by atoms with van der Waals surface area (Å²) in [4.78, 5) is 0.385. The molecule has 0 aliphatic carbocycles. The van der Waals surface area contributed by atoms with Crippen LogP contribution in [0.25, 0.3) is 0 Å². The van der Waals surface area contributed by atoms with Gasteiger partial charge in [-0.25, -0.2) is 8.42 Å². The molecule has 4 nitrogen and oxygen atoms in total. The fraction of sp³-hybridized carbons (Fsp3) is 0.714. The van der Waals surface area contributed by atoms with Crippen molar-refractivity contribution in [3.8, 4) is 0 Å². The molecule has 1 unspecified atom stereocenters. The Morgan fingerprint density at radius 3 is 2.75 bits per heavy atom. The Balaban J connectivity index is 2.33. The van der Waals surface area contributed by atoms with Gasteiger partial charge < -0.3 is 4.57 Å². The average molecular weight is 319 g/mol. The predicted molar refractivity (Wildman–Crippen MR) is 81.5 cm³/mol. The van der Waals surface area contributed by atoms with E-state index in [1.54, 1.807) is 16.6 Å². The van der Waals surface area contributed by atoms with Gasteiger partial charge in [0.1, 0.15) is 4.90 Å². The van der Waals surface area contributed by atoms with Crippen LogP contribution in [0, 0.1) is 0 Å². The van der Waals surface area contributed by atoms with E-state index in [2.05, 4.69) is 6.92 Å². The first-order chi connectivity index (χ1) is 9.50. The largest absolute Gasteiger partial charge is 0.349 e. The number of piperidine rings is 1. The number of nitrogens with zero attached hydrogens (tertiary/aromatic N) is 2. The fourth-order valence-electron chi connectivity index (χ4n) is 2.79. The summed E-state index contributed by atoms with van der Waals surface area (Å²) in [6.45, 7) is 5.48. The minimum atomic E-state index is -3.39. The zero-order chi connectivity index (χ0) is 14.8. The molecule has 1 aliphatic heterocycles. The van der Waals surface area contributed by atoms with Crippen LogP contribution in [-0.4, -0.2) is 29.9 Å². The van der Waals surface area contributed by atoms with Crippen LogP contribution < -0.4 is 0 Å². The molecule has 1 fully saturated rings. The van der Waals surface area contributed by atoms with Gasteiger partial charge in [-0.3, -0.25) is 0 Å². The van der Waals surface area contributed by atoms with Crippen molar-refractivity contribution in [1.82, 2.24) is 8.87 Å². The Kier molecular flexibility index (Phi) is 5.15. The van der Waals surface area contributed by atoms with Crippen molar-refractivity contribution in [3.05, 3.63) is 18.0 Å². The maximum atomic E-state index is 12.8. The van der Waals surface area contributed by atoms with Crippen LogP contribution >= 0.6 is 11.6 Å². The highest BCUT2D eigenvalue weighted by molar-refractivity contribution is 7.89. The number of sulfonamides is 1. The van der Waals surface area contributed by atoms with E-state index in [0.29, 0.717) is 17.3 Å². The van der Waals surface area contributed by atoms with E-state index in [4.69, 9.17) is 11.6 Å². The maximum Gasteiger partial charge on any atom is 0.244 e. The third-order valence-corrected chi connectivity index (χ3v) is 6.16. The first kappa shape index (κ1) is 15.9. The average Bonchev–Trinajstić information content (AvgIpc) is 2.83. The normalized spacial score (nSPS) is 21.2. The summed E-state index contributed by atoms with van der Waals surface area (Å²) in [5.41, 5.74) is 0.872. The fourth-order valence-corrected chi connectivity index (χ4v) is 4.79. The second-order valence-electron chi connectivity index (χ2n) is 5.45. The molecule has 1 aromatic rings. The molecule has 0 radical (unpaired) electrons. The Morgan fingerprint density at radius 1 is 1.40 bits per heavy atom. The molecule has 6 heteroatoms. The first-order valence-electron chi connectivity index (χ1n) is 7.27. The maximum absolute atomic E-state index is 12.8. The Morgan fingerprint density at radius 2 is 2.15 bits per heavy atom. The number of aryl methyl sites for hydroxylation is 1. The van der Waals surface area contributed by atoms with E-state index in [1.807, 2.05) is 11.5 Å². The van der Waals surface area contributed by atoms with Gasteiger partial charge in [-0.05, 0) is 32.3 Å². The van der Waals surface area contributed by atoms with Crippen molar-refractivity contribution in [3.63, 3.8) is 0 Å². The van der Waals surface area contributed by atoms with E-state index in [1.165, 1.54) is 0 Å². The van der Waals surface area contributed by atoms with Crippen molar-refractivity contribution >= 4 is 21.6 Å². The Labute approximate surface area is 126 Å². The summed E-state index contributed by atoms with van der Waals surface area (Å²) in [7, 11) is -3.39. The van der Waals surface area contributed by atoms with E-state index >= 15 is 0 Å². The molecule has 0 N–H and O–H groups in total. The lowest BCUT2D eigenvalue weighted by molar-refractivity contribution is 0.268. The highest BCUT2D eigenvalue weighted by atomic mass is 35.5. The van der Waals surface area contributed by atoms with E-state index in [-0.39, 0.29) is 6.04 Å². The number of aromatic nitrogens is 1. The summed E-state index contributed by atoms with van der Waals surface area (Å²) >= 11 is 5.92. The summed E-state index contributed by atoms with van der Waals surface area (Å²) in [5, 5.41) is 0. The quantitative estimate of drug-likeness (QED) is 0.782. The van der Waals surface area contributed by atoms with Crippen LogP contribution in [0.5, 0.6) is 0 Å². The lowest BCUT2D eigenvalue weighted by Gasteiger charge is -2.31. The molecule has 0 aromatic carbocycles. The lowest BCUT2D eigenvalue weighted by atomic mass is 10.1. The first-order valence-corrected chi connectivity index (χ1v) is 9.25. The topological polar surface area (TPSA) is 42.3 Å². The van der Waals surface area contributed by atoms with Crippen LogP contribution in [0.3, 0.4) is 0 Å². The third kappa shape index (κ3) is 3.05. The lowest BCUT2D eigenvalue weighted by Crippen LogP contribution is -2.41. The molecule has 1 saturated heterocycles. The Bertz CT molecular complexity index is 554. The molecule has 114 valence electrons. The number of hydrogen-bond acceptors (Lipinski definition) is 2. The third-order valence-electron chi connectivity index (χ3n) is 3.91. The van der Waals surface area contributed by atoms with Gasteiger partial charge in [0.05, 0.1) is 5.88 Å². The van der Waals surface area contributed by atoms with Crippen molar-refractivity contribution in [2.24, 2.45) is 0 Å². The van der Waals surface area contributed by atoms with Crippen LogP contribution in [0.2, 0.25) is 0 Å². The second-order valence-corrected chi connectivity index (χ2v) is 7.61. The van der Waals surface area contributed by atoms with Crippen LogP contribution in [0.15, 0.2) is 17.2 Å². The van der Waals surface area contributed by atoms with Gasteiger partial charge in [0.25, 0.3) is 0 Å². The molecule has 1 aromatic heterocycles. The summed E-state index contributed by atoms with van der Waals surface area (Å²) in [5.74, 6) is 0.338. The molecule has 2 heterocycles. The molecular weight excluding hydrogens is 296 g/mol. The van der Waals surface area contributed by atoms with Crippen LogP contribution in [0.1, 0.15) is 45.2 Å². The minimum absolute atomic E-state index is 0.0859.